The van der Waals surface area contributed by atoms with Gasteiger partial charge in [-0.2, -0.15) is 5.10 Å². The Morgan fingerprint density at radius 2 is 1.86 bits per heavy atom. The topological polar surface area (TPSA) is 42.7 Å². The lowest BCUT2D eigenvalue weighted by Gasteiger charge is -2.08. The second-order valence-corrected chi connectivity index (χ2v) is 4.88. The smallest absolute Gasteiger partial charge is 0.153 e. The number of hydrogen-bond donors (Lipinski definition) is 1. The molecule has 1 aromatic carbocycles. The zero-order valence-corrected chi connectivity index (χ0v) is 12.0. The third-order valence-electron chi connectivity index (χ3n) is 3.41. The van der Waals surface area contributed by atoms with Gasteiger partial charge in [-0.25, -0.2) is 9.67 Å². The van der Waals surface area contributed by atoms with E-state index in [0.29, 0.717) is 0 Å². The van der Waals surface area contributed by atoms with Crippen LogP contribution in [-0.4, -0.2) is 14.8 Å². The van der Waals surface area contributed by atoms with Crippen LogP contribution in [0.25, 0.3) is 5.82 Å². The Morgan fingerprint density at radius 3 is 2.48 bits per heavy atom. The molecular weight excluding hydrogens is 260 g/mol. The van der Waals surface area contributed by atoms with Gasteiger partial charge in [-0.05, 0) is 35.7 Å². The fourth-order valence-corrected chi connectivity index (χ4v) is 2.13. The zero-order valence-electron chi connectivity index (χ0n) is 12.0. The number of nitrogens with zero attached hydrogens (tertiary/aromatic N) is 3. The fourth-order valence-electron chi connectivity index (χ4n) is 2.13. The van der Waals surface area contributed by atoms with Gasteiger partial charge in [0.15, 0.2) is 5.82 Å². The molecule has 0 bridgehead atoms. The van der Waals surface area contributed by atoms with E-state index in [-0.39, 0.29) is 0 Å². The zero-order chi connectivity index (χ0) is 14.5. The van der Waals surface area contributed by atoms with Crippen LogP contribution in [0, 0.1) is 0 Å². The normalized spacial score (nSPS) is 10.5. The van der Waals surface area contributed by atoms with E-state index < -0.39 is 0 Å². The molecule has 4 heteroatoms. The molecule has 3 rings (SSSR count). The average Bonchev–Trinajstić information content (AvgIpc) is 3.08. The van der Waals surface area contributed by atoms with E-state index in [9.17, 15) is 0 Å². The van der Waals surface area contributed by atoms with Crippen molar-refractivity contribution in [3.8, 4) is 5.82 Å². The average molecular weight is 278 g/mol. The second kappa shape index (κ2) is 6.22. The van der Waals surface area contributed by atoms with Gasteiger partial charge in [0.2, 0.25) is 0 Å². The Hall–Kier alpha value is -2.62. The summed E-state index contributed by atoms with van der Waals surface area (Å²) in [6, 6.07) is 14.5. The third-order valence-corrected chi connectivity index (χ3v) is 3.41. The summed E-state index contributed by atoms with van der Waals surface area (Å²) in [4.78, 5) is 4.40. The highest BCUT2D eigenvalue weighted by molar-refractivity contribution is 5.44. The fraction of sp³-hybridized carbons (Fsp3) is 0.176. The van der Waals surface area contributed by atoms with E-state index in [1.54, 1.807) is 10.9 Å². The minimum absolute atomic E-state index is 0.798. The molecule has 0 aliphatic carbocycles. The number of anilines is 1. The SMILES string of the molecule is CCc1ccc(CNc2ccc(-n3cccn3)nc2)cc1. The van der Waals surface area contributed by atoms with Crippen LogP contribution < -0.4 is 5.32 Å². The quantitative estimate of drug-likeness (QED) is 0.777. The van der Waals surface area contributed by atoms with Gasteiger partial charge in [0.25, 0.3) is 0 Å². The van der Waals surface area contributed by atoms with Crippen LogP contribution in [0.3, 0.4) is 0 Å². The second-order valence-electron chi connectivity index (χ2n) is 4.88. The lowest BCUT2D eigenvalue weighted by atomic mass is 10.1. The Morgan fingerprint density at radius 1 is 1.05 bits per heavy atom. The maximum Gasteiger partial charge on any atom is 0.153 e. The van der Waals surface area contributed by atoms with Crippen molar-refractivity contribution in [1.82, 2.24) is 14.8 Å². The van der Waals surface area contributed by atoms with Crippen molar-refractivity contribution in [3.05, 3.63) is 72.2 Å². The Labute approximate surface area is 124 Å². The van der Waals surface area contributed by atoms with Crippen LogP contribution in [0.15, 0.2) is 61.1 Å². The number of rotatable bonds is 5. The maximum atomic E-state index is 4.40. The number of nitrogens with one attached hydrogen (secondary N) is 1. The highest BCUT2D eigenvalue weighted by Crippen LogP contribution is 2.11. The van der Waals surface area contributed by atoms with Crippen LogP contribution >= 0.6 is 0 Å². The van der Waals surface area contributed by atoms with Gasteiger partial charge in [-0.3, -0.25) is 0 Å². The molecule has 0 saturated heterocycles. The predicted molar refractivity (Wildman–Crippen MR) is 84.5 cm³/mol. The molecule has 0 radical (unpaired) electrons. The van der Waals surface area contributed by atoms with E-state index in [4.69, 9.17) is 0 Å². The first-order valence-corrected chi connectivity index (χ1v) is 7.13. The minimum Gasteiger partial charge on any atom is -0.380 e. The van der Waals surface area contributed by atoms with Crippen LogP contribution in [-0.2, 0) is 13.0 Å². The van der Waals surface area contributed by atoms with Gasteiger partial charge < -0.3 is 5.32 Å². The van der Waals surface area contributed by atoms with Gasteiger partial charge in [-0.1, -0.05) is 31.2 Å². The largest absolute Gasteiger partial charge is 0.380 e. The molecule has 106 valence electrons. The summed E-state index contributed by atoms with van der Waals surface area (Å²) in [7, 11) is 0. The molecule has 0 saturated carbocycles. The highest BCUT2D eigenvalue weighted by atomic mass is 15.3. The maximum absolute atomic E-state index is 4.40. The predicted octanol–water partition coefficient (Wildman–Crippen LogP) is 3.44. The summed E-state index contributed by atoms with van der Waals surface area (Å²) in [6.45, 7) is 2.97. The Bertz CT molecular complexity index is 670. The highest BCUT2D eigenvalue weighted by Gasteiger charge is 1.99. The lowest BCUT2D eigenvalue weighted by molar-refractivity contribution is 0.847. The molecule has 2 heterocycles. The summed E-state index contributed by atoms with van der Waals surface area (Å²) < 4.78 is 1.74. The molecule has 0 amide bonds. The molecule has 0 aliphatic heterocycles. The summed E-state index contributed by atoms with van der Waals surface area (Å²) in [5, 5.41) is 7.54. The Balaban J connectivity index is 1.62. The van der Waals surface area contributed by atoms with E-state index >= 15 is 0 Å². The first-order chi connectivity index (χ1) is 10.3. The molecule has 2 aromatic heterocycles. The third kappa shape index (κ3) is 3.28. The molecule has 1 N–H and O–H groups in total. The number of aromatic nitrogens is 3. The van der Waals surface area contributed by atoms with Crippen molar-refractivity contribution < 1.29 is 0 Å². The van der Waals surface area contributed by atoms with Gasteiger partial charge in [0, 0.05) is 18.9 Å². The molecule has 3 aromatic rings. The Kier molecular flexibility index (Phi) is 3.96. The van der Waals surface area contributed by atoms with E-state index in [1.807, 2.05) is 30.6 Å². The van der Waals surface area contributed by atoms with Crippen molar-refractivity contribution in [2.24, 2.45) is 0 Å². The van der Waals surface area contributed by atoms with E-state index in [2.05, 4.69) is 46.6 Å². The van der Waals surface area contributed by atoms with E-state index in [1.165, 1.54) is 11.1 Å². The molecule has 4 nitrogen and oxygen atoms in total. The first kappa shape index (κ1) is 13.4. The monoisotopic (exact) mass is 278 g/mol. The van der Waals surface area contributed by atoms with Crippen LogP contribution in [0.4, 0.5) is 5.69 Å². The van der Waals surface area contributed by atoms with Gasteiger partial charge >= 0.3 is 0 Å². The number of hydrogen-bond acceptors (Lipinski definition) is 3. The first-order valence-electron chi connectivity index (χ1n) is 7.13. The van der Waals surface area contributed by atoms with Crippen molar-refractivity contribution in [3.63, 3.8) is 0 Å². The van der Waals surface area contributed by atoms with Crippen molar-refractivity contribution in [2.45, 2.75) is 19.9 Å². The standard InChI is InChI=1S/C17H18N4/c1-2-14-4-6-15(7-5-14)12-18-16-8-9-17(19-13-16)21-11-3-10-20-21/h3-11,13,18H,2,12H2,1H3. The molecule has 0 aliphatic rings. The molecule has 0 spiro atoms. The number of pyridine rings is 1. The van der Waals surface area contributed by atoms with Gasteiger partial charge in [-0.15, -0.1) is 0 Å². The molecule has 21 heavy (non-hydrogen) atoms. The van der Waals surface area contributed by atoms with Crippen molar-refractivity contribution >= 4 is 5.69 Å². The molecule has 0 atom stereocenters. The summed E-state index contributed by atoms with van der Waals surface area (Å²) in [5.41, 5.74) is 3.64. The van der Waals surface area contributed by atoms with Crippen molar-refractivity contribution in [2.75, 3.05) is 5.32 Å². The van der Waals surface area contributed by atoms with Gasteiger partial charge in [0.1, 0.15) is 0 Å². The molecular formula is C17H18N4. The summed E-state index contributed by atoms with van der Waals surface area (Å²) in [6.07, 6.45) is 6.53. The molecule has 0 fully saturated rings. The summed E-state index contributed by atoms with van der Waals surface area (Å²) >= 11 is 0. The number of aryl methyl sites for hydroxylation is 1. The van der Waals surface area contributed by atoms with Crippen LogP contribution in [0.1, 0.15) is 18.1 Å². The van der Waals surface area contributed by atoms with Crippen LogP contribution in [0.2, 0.25) is 0 Å². The summed E-state index contributed by atoms with van der Waals surface area (Å²) in [5.74, 6) is 0.817. The van der Waals surface area contributed by atoms with Crippen molar-refractivity contribution in [1.29, 1.82) is 0 Å². The lowest BCUT2D eigenvalue weighted by Crippen LogP contribution is -2.02. The van der Waals surface area contributed by atoms with Crippen LogP contribution in [0.5, 0.6) is 0 Å². The minimum atomic E-state index is 0.798. The van der Waals surface area contributed by atoms with E-state index in [0.717, 1.165) is 24.5 Å². The molecule has 0 unspecified atom stereocenters. The number of benzene rings is 1. The van der Waals surface area contributed by atoms with Gasteiger partial charge in [0.05, 0.1) is 11.9 Å².